The zero-order valence-electron chi connectivity index (χ0n) is 16.3. The predicted octanol–water partition coefficient (Wildman–Crippen LogP) is 3.31. The summed E-state index contributed by atoms with van der Waals surface area (Å²) in [5, 5.41) is 3.45. The van der Waals surface area contributed by atoms with E-state index in [2.05, 4.69) is 33.2 Å². The van der Waals surface area contributed by atoms with Crippen molar-refractivity contribution < 1.29 is 4.79 Å². The highest BCUT2D eigenvalue weighted by molar-refractivity contribution is 5.75. The van der Waals surface area contributed by atoms with Crippen LogP contribution in [0.1, 0.15) is 58.3 Å². The van der Waals surface area contributed by atoms with Gasteiger partial charge >= 0.3 is 0 Å². The van der Waals surface area contributed by atoms with Crippen LogP contribution in [0.4, 0.5) is 11.6 Å². The number of hydrogen-bond donors (Lipinski definition) is 1. The summed E-state index contributed by atoms with van der Waals surface area (Å²) < 4.78 is 0. The van der Waals surface area contributed by atoms with Crippen LogP contribution in [0.15, 0.2) is 12.4 Å². The van der Waals surface area contributed by atoms with Gasteiger partial charge in [0.25, 0.3) is 0 Å². The first kappa shape index (κ1) is 18.9. The number of nitrogens with one attached hydrogen (secondary N) is 1. The number of carbonyl (C=O) groups is 1. The summed E-state index contributed by atoms with van der Waals surface area (Å²) in [5.74, 6) is 2.81. The van der Waals surface area contributed by atoms with Crippen LogP contribution in [0.2, 0.25) is 0 Å². The zero-order valence-corrected chi connectivity index (χ0v) is 16.3. The first-order valence-corrected chi connectivity index (χ1v) is 10.2. The van der Waals surface area contributed by atoms with Crippen molar-refractivity contribution >= 4 is 17.5 Å². The van der Waals surface area contributed by atoms with Crippen molar-refractivity contribution in [1.82, 2.24) is 14.9 Å². The highest BCUT2D eigenvalue weighted by Crippen LogP contribution is 2.28. The maximum absolute atomic E-state index is 12.3. The lowest BCUT2D eigenvalue weighted by molar-refractivity contribution is -0.130. The number of unbranched alkanes of at least 4 members (excludes halogenated alkanes) is 1. The van der Waals surface area contributed by atoms with Crippen molar-refractivity contribution in [3.8, 4) is 0 Å². The predicted molar refractivity (Wildman–Crippen MR) is 105 cm³/mol. The van der Waals surface area contributed by atoms with Crippen molar-refractivity contribution in [2.24, 2.45) is 5.92 Å². The Morgan fingerprint density at radius 2 is 2.19 bits per heavy atom. The van der Waals surface area contributed by atoms with Crippen LogP contribution >= 0.6 is 0 Å². The Balaban J connectivity index is 1.48. The SMILES string of the molecule is CCCCN(C)C(=O)CC[C@H]1CCCN(c2cc(NC3CC3)ncn2)C1. The minimum absolute atomic E-state index is 0.286. The number of piperidine rings is 1. The molecule has 6 heteroatoms. The summed E-state index contributed by atoms with van der Waals surface area (Å²) in [5.41, 5.74) is 0. The highest BCUT2D eigenvalue weighted by Gasteiger charge is 2.24. The quantitative estimate of drug-likeness (QED) is 0.733. The van der Waals surface area contributed by atoms with E-state index in [1.165, 1.54) is 25.7 Å². The van der Waals surface area contributed by atoms with Crippen molar-refractivity contribution in [2.45, 2.75) is 64.3 Å². The third-order valence-electron chi connectivity index (χ3n) is 5.46. The van der Waals surface area contributed by atoms with E-state index in [0.29, 0.717) is 18.4 Å². The smallest absolute Gasteiger partial charge is 0.222 e. The molecule has 26 heavy (non-hydrogen) atoms. The van der Waals surface area contributed by atoms with Crippen LogP contribution in [0, 0.1) is 5.92 Å². The van der Waals surface area contributed by atoms with Gasteiger partial charge in [-0.1, -0.05) is 13.3 Å². The topological polar surface area (TPSA) is 61.4 Å². The highest BCUT2D eigenvalue weighted by atomic mass is 16.2. The molecule has 1 aliphatic carbocycles. The second-order valence-electron chi connectivity index (χ2n) is 7.84. The molecule has 1 saturated carbocycles. The molecule has 0 spiro atoms. The molecule has 1 atom stereocenters. The van der Waals surface area contributed by atoms with Gasteiger partial charge in [0, 0.05) is 45.2 Å². The van der Waals surface area contributed by atoms with Gasteiger partial charge in [-0.15, -0.1) is 0 Å². The Bertz CT molecular complexity index is 589. The van der Waals surface area contributed by atoms with E-state index in [4.69, 9.17) is 0 Å². The summed E-state index contributed by atoms with van der Waals surface area (Å²) in [7, 11) is 1.93. The van der Waals surface area contributed by atoms with Crippen LogP contribution in [0.25, 0.3) is 0 Å². The van der Waals surface area contributed by atoms with Gasteiger partial charge in [-0.2, -0.15) is 0 Å². The van der Waals surface area contributed by atoms with Crippen LogP contribution in [-0.4, -0.2) is 53.5 Å². The number of rotatable bonds is 9. The van der Waals surface area contributed by atoms with Gasteiger partial charge in [0.1, 0.15) is 18.0 Å². The first-order chi connectivity index (χ1) is 12.7. The molecule has 2 aliphatic rings. The molecule has 0 bridgehead atoms. The van der Waals surface area contributed by atoms with Gasteiger partial charge in [0.15, 0.2) is 0 Å². The van der Waals surface area contributed by atoms with E-state index < -0.39 is 0 Å². The van der Waals surface area contributed by atoms with E-state index in [-0.39, 0.29) is 5.91 Å². The van der Waals surface area contributed by atoms with Crippen LogP contribution in [-0.2, 0) is 4.79 Å². The molecule has 1 aromatic heterocycles. The molecule has 1 amide bonds. The van der Waals surface area contributed by atoms with E-state index in [0.717, 1.165) is 50.5 Å². The second kappa shape index (κ2) is 9.19. The number of carbonyl (C=O) groups excluding carboxylic acids is 1. The van der Waals surface area contributed by atoms with Gasteiger partial charge in [0.05, 0.1) is 0 Å². The third-order valence-corrected chi connectivity index (χ3v) is 5.46. The zero-order chi connectivity index (χ0) is 18.4. The molecule has 2 fully saturated rings. The Morgan fingerprint density at radius 3 is 2.96 bits per heavy atom. The Labute approximate surface area is 157 Å². The minimum Gasteiger partial charge on any atom is -0.367 e. The molecule has 1 saturated heterocycles. The molecular formula is C20H33N5O. The summed E-state index contributed by atoms with van der Waals surface area (Å²) in [6.07, 6.45) is 10.4. The summed E-state index contributed by atoms with van der Waals surface area (Å²) in [6.45, 7) is 5.07. The average molecular weight is 360 g/mol. The molecule has 6 nitrogen and oxygen atoms in total. The largest absolute Gasteiger partial charge is 0.367 e. The fraction of sp³-hybridized carbons (Fsp3) is 0.750. The Morgan fingerprint density at radius 1 is 1.35 bits per heavy atom. The Hall–Kier alpha value is -1.85. The number of anilines is 2. The molecular weight excluding hydrogens is 326 g/mol. The van der Waals surface area contributed by atoms with E-state index in [1.807, 2.05) is 11.9 Å². The van der Waals surface area contributed by atoms with Crippen molar-refractivity contribution in [2.75, 3.05) is 36.9 Å². The van der Waals surface area contributed by atoms with E-state index >= 15 is 0 Å². The van der Waals surface area contributed by atoms with Crippen LogP contribution in [0.5, 0.6) is 0 Å². The molecule has 0 aromatic carbocycles. The van der Waals surface area contributed by atoms with E-state index in [1.54, 1.807) is 6.33 Å². The summed E-state index contributed by atoms with van der Waals surface area (Å²) in [6, 6.07) is 2.67. The normalized spacial score (nSPS) is 20.1. The fourth-order valence-electron chi connectivity index (χ4n) is 3.58. The van der Waals surface area contributed by atoms with Crippen molar-refractivity contribution in [3.05, 3.63) is 12.4 Å². The van der Waals surface area contributed by atoms with Gasteiger partial charge in [-0.25, -0.2) is 9.97 Å². The molecule has 1 aliphatic heterocycles. The molecule has 1 N–H and O–H groups in total. The van der Waals surface area contributed by atoms with Crippen LogP contribution < -0.4 is 10.2 Å². The minimum atomic E-state index is 0.286. The molecule has 3 rings (SSSR count). The summed E-state index contributed by atoms with van der Waals surface area (Å²) >= 11 is 0. The number of nitrogens with zero attached hydrogens (tertiary/aromatic N) is 4. The number of aromatic nitrogens is 2. The molecule has 0 unspecified atom stereocenters. The monoisotopic (exact) mass is 359 g/mol. The molecule has 2 heterocycles. The fourth-order valence-corrected chi connectivity index (χ4v) is 3.58. The van der Waals surface area contributed by atoms with Gasteiger partial charge in [-0.3, -0.25) is 4.79 Å². The Kier molecular flexibility index (Phi) is 6.69. The molecule has 144 valence electrons. The molecule has 0 radical (unpaired) electrons. The lowest BCUT2D eigenvalue weighted by Gasteiger charge is -2.33. The lowest BCUT2D eigenvalue weighted by atomic mass is 9.93. The first-order valence-electron chi connectivity index (χ1n) is 10.2. The van der Waals surface area contributed by atoms with Gasteiger partial charge in [-0.05, 0) is 44.4 Å². The number of amides is 1. The van der Waals surface area contributed by atoms with Crippen LogP contribution in [0.3, 0.4) is 0 Å². The van der Waals surface area contributed by atoms with Crippen molar-refractivity contribution in [1.29, 1.82) is 0 Å². The standard InChI is InChI=1S/C20H33N5O/c1-3-4-11-24(2)20(26)10-7-16-6-5-12-25(14-16)19-13-18(21-15-22-19)23-17-8-9-17/h13,15-17H,3-12,14H2,1-2H3,(H,21,22,23)/t16-/m1/s1. The maximum atomic E-state index is 12.3. The molecule has 1 aromatic rings. The second-order valence-corrected chi connectivity index (χ2v) is 7.84. The van der Waals surface area contributed by atoms with Crippen molar-refractivity contribution in [3.63, 3.8) is 0 Å². The van der Waals surface area contributed by atoms with Gasteiger partial charge < -0.3 is 15.1 Å². The lowest BCUT2D eigenvalue weighted by Crippen LogP contribution is -2.37. The summed E-state index contributed by atoms with van der Waals surface area (Å²) in [4.78, 5) is 25.4. The van der Waals surface area contributed by atoms with E-state index in [9.17, 15) is 4.79 Å². The van der Waals surface area contributed by atoms with Gasteiger partial charge in [0.2, 0.25) is 5.91 Å². The number of hydrogen-bond acceptors (Lipinski definition) is 5. The third kappa shape index (κ3) is 5.58. The maximum Gasteiger partial charge on any atom is 0.222 e. The average Bonchev–Trinajstić information content (AvgIpc) is 3.48.